The lowest BCUT2D eigenvalue weighted by molar-refractivity contribution is -0.119. The molecule has 1 atom stereocenters. The molecule has 1 amide bonds. The fourth-order valence-corrected chi connectivity index (χ4v) is 2.44. The van der Waals surface area contributed by atoms with E-state index in [2.05, 4.69) is 22.9 Å². The Morgan fingerprint density at radius 3 is 2.47 bits per heavy atom. The summed E-state index contributed by atoms with van der Waals surface area (Å²) in [4.78, 5) is 10.8. The van der Waals surface area contributed by atoms with Gasteiger partial charge in [0.1, 0.15) is 6.10 Å². The molecular formula is C12H14NO4S2. The Hall–Kier alpha value is -1.31. The van der Waals surface area contributed by atoms with Gasteiger partial charge >= 0.3 is 0 Å². The van der Waals surface area contributed by atoms with E-state index in [9.17, 15) is 13.2 Å². The number of carbonyl (C=O) groups excluding carboxylic acids is 1. The number of benzene rings is 1. The molecule has 1 N–H and O–H groups in total. The van der Waals surface area contributed by atoms with Crippen LogP contribution in [-0.4, -0.2) is 32.3 Å². The number of aryl methyl sites for hydroxylation is 1. The molecule has 1 aromatic rings. The Balaban J connectivity index is 2.80. The molecule has 19 heavy (non-hydrogen) atoms. The fourth-order valence-electron chi connectivity index (χ4n) is 1.25. The number of carbonyl (C=O) groups is 1. The van der Waals surface area contributed by atoms with E-state index in [0.717, 1.165) is 5.56 Å². The van der Waals surface area contributed by atoms with Gasteiger partial charge in [-0.25, -0.2) is 0 Å². The van der Waals surface area contributed by atoms with Crippen molar-refractivity contribution in [3.05, 3.63) is 29.8 Å². The van der Waals surface area contributed by atoms with Crippen LogP contribution in [0.2, 0.25) is 0 Å². The second kappa shape index (κ2) is 6.74. The summed E-state index contributed by atoms with van der Waals surface area (Å²) in [6.07, 6.45) is -0.995. The molecule has 1 radical (unpaired) electrons. The highest BCUT2D eigenvalue weighted by molar-refractivity contribution is 7.87. The van der Waals surface area contributed by atoms with Crippen LogP contribution in [0.15, 0.2) is 29.2 Å². The van der Waals surface area contributed by atoms with Gasteiger partial charge in [0.25, 0.3) is 10.1 Å². The standard InChI is InChI=1S/C12H14NO4S2/c1-9-3-5-12(6-4-9)19(15,16)17-11(8-18)7-13-10(2)14/h3-6,11H,7H2,1-2H3,(H,13,14). The van der Waals surface area contributed by atoms with E-state index in [-0.39, 0.29) is 17.3 Å². The molecule has 1 rings (SSSR count). The van der Waals surface area contributed by atoms with Gasteiger partial charge in [0, 0.05) is 6.92 Å². The lowest BCUT2D eigenvalue weighted by Gasteiger charge is -2.13. The van der Waals surface area contributed by atoms with Crippen molar-refractivity contribution in [1.82, 2.24) is 5.32 Å². The van der Waals surface area contributed by atoms with Gasteiger partial charge < -0.3 is 5.32 Å². The molecule has 0 aliphatic heterocycles. The quantitative estimate of drug-likeness (QED) is 0.629. The summed E-state index contributed by atoms with van der Waals surface area (Å²) in [6, 6.07) is 6.23. The minimum atomic E-state index is -3.92. The Morgan fingerprint density at radius 1 is 1.42 bits per heavy atom. The van der Waals surface area contributed by atoms with Gasteiger partial charge in [-0.1, -0.05) is 29.9 Å². The molecule has 7 heteroatoms. The molecule has 0 aromatic heterocycles. The number of hydrogen-bond acceptors (Lipinski definition) is 5. The van der Waals surface area contributed by atoms with Gasteiger partial charge in [0.05, 0.1) is 16.8 Å². The van der Waals surface area contributed by atoms with Crippen LogP contribution in [-0.2, 0) is 19.1 Å². The second-order valence-corrected chi connectivity index (χ2v) is 5.71. The number of hydrogen-bond donors (Lipinski definition) is 1. The minimum absolute atomic E-state index is 0.0378. The van der Waals surface area contributed by atoms with E-state index in [1.165, 1.54) is 19.1 Å². The third kappa shape index (κ3) is 5.06. The smallest absolute Gasteiger partial charge is 0.297 e. The Labute approximate surface area is 118 Å². The monoisotopic (exact) mass is 300 g/mol. The normalized spacial score (nSPS) is 12.7. The summed E-state index contributed by atoms with van der Waals surface area (Å²) in [5.41, 5.74) is 0.940. The molecular weight excluding hydrogens is 286 g/mol. The maximum atomic E-state index is 11.9. The van der Waals surface area contributed by atoms with Gasteiger partial charge in [-0.05, 0) is 19.1 Å². The molecule has 0 heterocycles. The first-order chi connectivity index (χ1) is 8.85. The Kier molecular flexibility index (Phi) is 5.59. The van der Waals surface area contributed by atoms with Crippen LogP contribution in [0.3, 0.4) is 0 Å². The van der Waals surface area contributed by atoms with Gasteiger partial charge in [-0.15, -0.1) is 0 Å². The maximum absolute atomic E-state index is 11.9. The van der Waals surface area contributed by atoms with Crippen molar-refractivity contribution in [2.24, 2.45) is 0 Å². The van der Waals surface area contributed by atoms with E-state index < -0.39 is 16.2 Å². The highest BCUT2D eigenvalue weighted by Crippen LogP contribution is 2.14. The number of nitrogens with one attached hydrogen (secondary N) is 1. The summed E-state index contributed by atoms with van der Waals surface area (Å²) in [5.74, 6) is -0.299. The summed E-state index contributed by atoms with van der Waals surface area (Å²) in [7, 11) is -3.92. The van der Waals surface area contributed by atoms with Crippen LogP contribution >= 0.6 is 12.2 Å². The molecule has 5 nitrogen and oxygen atoms in total. The SMILES string of the molecule is CC(=O)NCC([C]=S)OS(=O)(=O)c1ccc(C)cc1. The van der Waals surface area contributed by atoms with Crippen molar-refractivity contribution in [2.75, 3.05) is 6.54 Å². The lowest BCUT2D eigenvalue weighted by atomic mass is 10.2. The molecule has 0 bridgehead atoms. The molecule has 103 valence electrons. The van der Waals surface area contributed by atoms with E-state index >= 15 is 0 Å². The van der Waals surface area contributed by atoms with E-state index in [1.807, 2.05) is 6.92 Å². The van der Waals surface area contributed by atoms with E-state index in [4.69, 9.17) is 4.18 Å². The predicted molar refractivity (Wildman–Crippen MR) is 74.5 cm³/mol. The third-order valence-electron chi connectivity index (χ3n) is 2.22. The van der Waals surface area contributed by atoms with Crippen molar-refractivity contribution >= 4 is 33.6 Å². The highest BCUT2D eigenvalue weighted by Gasteiger charge is 2.20. The highest BCUT2D eigenvalue weighted by atomic mass is 32.2. The van der Waals surface area contributed by atoms with Crippen molar-refractivity contribution in [2.45, 2.75) is 24.8 Å². The number of thiocarbonyl (C=S) groups is 1. The van der Waals surface area contributed by atoms with Crippen molar-refractivity contribution in [3.8, 4) is 0 Å². The van der Waals surface area contributed by atoms with E-state index in [0.29, 0.717) is 0 Å². The third-order valence-corrected chi connectivity index (χ3v) is 3.82. The molecule has 0 fully saturated rings. The van der Waals surface area contributed by atoms with Crippen molar-refractivity contribution < 1.29 is 17.4 Å². The summed E-state index contributed by atoms with van der Waals surface area (Å²) in [6.45, 7) is 3.13. The first-order valence-electron chi connectivity index (χ1n) is 5.47. The predicted octanol–water partition coefficient (Wildman–Crippen LogP) is 1.08. The first kappa shape index (κ1) is 15.7. The lowest BCUT2D eigenvalue weighted by Crippen LogP contribution is -2.34. The number of amides is 1. The molecule has 1 aromatic carbocycles. The maximum Gasteiger partial charge on any atom is 0.297 e. The van der Waals surface area contributed by atoms with Crippen LogP contribution in [0.1, 0.15) is 12.5 Å². The van der Waals surface area contributed by atoms with Crippen LogP contribution in [0.5, 0.6) is 0 Å². The first-order valence-corrected chi connectivity index (χ1v) is 7.29. The summed E-state index contributed by atoms with van der Waals surface area (Å²) < 4.78 is 28.8. The Morgan fingerprint density at radius 2 is 2.00 bits per heavy atom. The van der Waals surface area contributed by atoms with Crippen LogP contribution in [0.25, 0.3) is 0 Å². The molecule has 1 unspecified atom stereocenters. The zero-order valence-corrected chi connectivity index (χ0v) is 12.2. The topological polar surface area (TPSA) is 72.5 Å². The molecule has 0 aliphatic rings. The largest absolute Gasteiger partial charge is 0.353 e. The summed E-state index contributed by atoms with van der Waals surface area (Å²) in [5, 5.41) is 4.68. The minimum Gasteiger partial charge on any atom is -0.353 e. The van der Waals surface area contributed by atoms with Gasteiger partial charge in [0.2, 0.25) is 5.91 Å². The van der Waals surface area contributed by atoms with Gasteiger partial charge in [-0.3, -0.25) is 8.98 Å². The molecule has 0 spiro atoms. The zero-order valence-electron chi connectivity index (χ0n) is 10.5. The van der Waals surface area contributed by atoms with Crippen LogP contribution < -0.4 is 5.32 Å². The second-order valence-electron chi connectivity index (χ2n) is 3.91. The Bertz CT molecular complexity index is 552. The molecule has 0 saturated carbocycles. The number of rotatable bonds is 6. The van der Waals surface area contributed by atoms with Crippen LogP contribution in [0.4, 0.5) is 0 Å². The average Bonchev–Trinajstić information content (AvgIpc) is 2.34. The van der Waals surface area contributed by atoms with Crippen LogP contribution in [0, 0.1) is 6.92 Å². The van der Waals surface area contributed by atoms with Gasteiger partial charge in [-0.2, -0.15) is 8.42 Å². The average molecular weight is 300 g/mol. The molecule has 0 aliphatic carbocycles. The van der Waals surface area contributed by atoms with E-state index in [1.54, 1.807) is 12.1 Å². The van der Waals surface area contributed by atoms with Crippen molar-refractivity contribution in [3.63, 3.8) is 0 Å². The fraction of sp³-hybridized carbons (Fsp3) is 0.333. The van der Waals surface area contributed by atoms with Gasteiger partial charge in [0.15, 0.2) is 0 Å². The summed E-state index contributed by atoms with van der Waals surface area (Å²) >= 11 is 4.57. The zero-order chi connectivity index (χ0) is 14.5. The molecule has 0 saturated heterocycles. The van der Waals surface area contributed by atoms with Crippen molar-refractivity contribution in [1.29, 1.82) is 0 Å².